The van der Waals surface area contributed by atoms with Gasteiger partial charge in [-0.1, -0.05) is 13.8 Å². The van der Waals surface area contributed by atoms with E-state index in [4.69, 9.17) is 9.47 Å². The molecule has 0 spiro atoms. The number of ether oxygens (including phenoxy) is 2. The lowest BCUT2D eigenvalue weighted by atomic mass is 10.0. The van der Waals surface area contributed by atoms with Crippen molar-refractivity contribution >= 4 is 53.4 Å². The third-order valence-corrected chi connectivity index (χ3v) is 5.56. The molecule has 0 aromatic heterocycles. The van der Waals surface area contributed by atoms with Gasteiger partial charge in [-0.2, -0.15) is 11.8 Å². The van der Waals surface area contributed by atoms with Crippen molar-refractivity contribution in [2.75, 3.05) is 44.8 Å². The Morgan fingerprint density at radius 1 is 0.756 bits per heavy atom. The number of hydrogen-bond donors (Lipinski definition) is 6. The summed E-state index contributed by atoms with van der Waals surface area (Å²) in [5.74, 6) is -3.58. The molecule has 0 aromatic rings. The number of rotatable bonds is 17. The van der Waals surface area contributed by atoms with E-state index in [-0.39, 0.29) is 19.1 Å². The number of carbonyl (C=O) groups excluding carboxylic acids is 7. The van der Waals surface area contributed by atoms with Gasteiger partial charge in [-0.25, -0.2) is 4.79 Å². The van der Waals surface area contributed by atoms with Crippen LogP contribution in [0.2, 0.25) is 0 Å². The maximum atomic E-state index is 12.6. The molecule has 0 unspecified atom stereocenters. The first-order valence-electron chi connectivity index (χ1n) is 13.1. The van der Waals surface area contributed by atoms with Crippen molar-refractivity contribution in [2.45, 2.75) is 65.6 Å². The van der Waals surface area contributed by atoms with E-state index in [2.05, 4.69) is 31.9 Å². The Labute approximate surface area is 244 Å². The van der Waals surface area contributed by atoms with Crippen molar-refractivity contribution in [1.82, 2.24) is 31.9 Å². The monoisotopic (exact) mass is 604 g/mol. The van der Waals surface area contributed by atoms with Gasteiger partial charge in [-0.15, -0.1) is 0 Å². The molecule has 0 aromatic carbocycles. The SMILES string of the molecule is CCOC(=O)CNC(=O)CNC(=O)[C@@H](NC(=O)CNC(=O)CNC(=O)[C@H](CCSC)NC(=O)OC(C)(C)C)C(C)C. The van der Waals surface area contributed by atoms with Gasteiger partial charge in [-0.3, -0.25) is 28.8 Å². The van der Waals surface area contributed by atoms with E-state index in [9.17, 15) is 33.6 Å². The first-order valence-corrected chi connectivity index (χ1v) is 14.5. The van der Waals surface area contributed by atoms with Gasteiger partial charge < -0.3 is 41.4 Å². The summed E-state index contributed by atoms with van der Waals surface area (Å²) in [5, 5.41) is 14.4. The average Bonchev–Trinajstić information content (AvgIpc) is 2.87. The maximum absolute atomic E-state index is 12.6. The summed E-state index contributed by atoms with van der Waals surface area (Å²) < 4.78 is 9.87. The second-order valence-corrected chi connectivity index (χ2v) is 11.0. The number of alkyl carbamates (subject to hydrolysis) is 1. The molecule has 234 valence electrons. The number of nitrogens with one attached hydrogen (secondary N) is 6. The number of thioether (sulfide) groups is 1. The fourth-order valence-corrected chi connectivity index (χ4v) is 3.44. The topological polar surface area (TPSA) is 210 Å². The van der Waals surface area contributed by atoms with Crippen LogP contribution in [0.1, 0.15) is 48.0 Å². The second-order valence-electron chi connectivity index (χ2n) is 10.1. The lowest BCUT2D eigenvalue weighted by Gasteiger charge is -2.23. The summed E-state index contributed by atoms with van der Waals surface area (Å²) in [7, 11) is 0. The van der Waals surface area contributed by atoms with Crippen LogP contribution in [-0.2, 0) is 38.2 Å². The minimum Gasteiger partial charge on any atom is -0.465 e. The zero-order chi connectivity index (χ0) is 31.6. The van der Waals surface area contributed by atoms with E-state index in [1.165, 1.54) is 11.8 Å². The third kappa shape index (κ3) is 18.4. The predicted molar refractivity (Wildman–Crippen MR) is 152 cm³/mol. The highest BCUT2D eigenvalue weighted by molar-refractivity contribution is 7.98. The highest BCUT2D eigenvalue weighted by Gasteiger charge is 2.26. The molecule has 0 aliphatic rings. The van der Waals surface area contributed by atoms with E-state index in [0.29, 0.717) is 12.2 Å². The summed E-state index contributed by atoms with van der Waals surface area (Å²) in [6.07, 6.45) is 1.39. The van der Waals surface area contributed by atoms with Crippen LogP contribution in [0.5, 0.6) is 0 Å². The molecule has 0 aliphatic heterocycles. The standard InChI is InChI=1S/C25H44N6O9S/c1-8-39-20(35)14-27-18(33)12-29-23(37)21(15(2)3)31-19(34)13-26-17(32)11-28-22(36)16(9-10-41-7)30-24(38)40-25(4,5)6/h15-16,21H,8-14H2,1-7H3,(H,26,32)(H,27,33)(H,28,36)(H,29,37)(H,30,38)(H,31,34)/t16-,21-/m0/s1. The van der Waals surface area contributed by atoms with E-state index in [0.717, 1.165) is 0 Å². The fraction of sp³-hybridized carbons (Fsp3) is 0.720. The number of esters is 1. The average molecular weight is 605 g/mol. The normalized spacial score (nSPS) is 12.3. The summed E-state index contributed by atoms with van der Waals surface area (Å²) in [5.41, 5.74) is -0.750. The molecule has 16 heteroatoms. The molecule has 2 atom stereocenters. The molecule has 41 heavy (non-hydrogen) atoms. The molecule has 0 radical (unpaired) electrons. The molecule has 0 aliphatic carbocycles. The van der Waals surface area contributed by atoms with Gasteiger partial charge in [-0.05, 0) is 52.0 Å². The Bertz CT molecular complexity index is 924. The Kier molecular flexibility index (Phi) is 17.8. The smallest absolute Gasteiger partial charge is 0.408 e. The summed E-state index contributed by atoms with van der Waals surface area (Å²) >= 11 is 1.48. The number of hydrogen-bond acceptors (Lipinski definition) is 10. The minimum absolute atomic E-state index is 0.169. The summed E-state index contributed by atoms with van der Waals surface area (Å²) in [6, 6.07) is -1.93. The van der Waals surface area contributed by atoms with Crippen molar-refractivity contribution in [2.24, 2.45) is 5.92 Å². The molecule has 6 N–H and O–H groups in total. The first-order chi connectivity index (χ1) is 19.1. The van der Waals surface area contributed by atoms with Crippen LogP contribution in [0, 0.1) is 5.92 Å². The van der Waals surface area contributed by atoms with Gasteiger partial charge in [0.05, 0.1) is 26.2 Å². The molecule has 0 bridgehead atoms. The van der Waals surface area contributed by atoms with Crippen molar-refractivity contribution in [3.8, 4) is 0 Å². The van der Waals surface area contributed by atoms with Crippen LogP contribution in [0.25, 0.3) is 0 Å². The molecular weight excluding hydrogens is 560 g/mol. The highest BCUT2D eigenvalue weighted by Crippen LogP contribution is 2.08. The van der Waals surface area contributed by atoms with Gasteiger partial charge in [0.2, 0.25) is 29.5 Å². The van der Waals surface area contributed by atoms with Gasteiger partial charge in [0, 0.05) is 0 Å². The quantitative estimate of drug-likeness (QED) is 0.109. The Morgan fingerprint density at radius 2 is 1.29 bits per heavy atom. The van der Waals surface area contributed by atoms with Crippen LogP contribution in [-0.4, -0.2) is 104 Å². The number of amides is 6. The van der Waals surface area contributed by atoms with Gasteiger partial charge in [0.15, 0.2) is 0 Å². The zero-order valence-corrected chi connectivity index (χ0v) is 25.6. The fourth-order valence-electron chi connectivity index (χ4n) is 2.97. The van der Waals surface area contributed by atoms with Gasteiger partial charge in [0.25, 0.3) is 0 Å². The summed E-state index contributed by atoms with van der Waals surface area (Å²) in [4.78, 5) is 84.8. The van der Waals surface area contributed by atoms with E-state index >= 15 is 0 Å². The number of carbonyl (C=O) groups is 7. The molecule has 0 rings (SSSR count). The van der Waals surface area contributed by atoms with Crippen LogP contribution in [0.3, 0.4) is 0 Å². The van der Waals surface area contributed by atoms with Crippen LogP contribution >= 0.6 is 11.8 Å². The summed E-state index contributed by atoms with van der Waals surface area (Å²) in [6.45, 7) is 8.53. The van der Waals surface area contributed by atoms with Crippen molar-refractivity contribution in [3.63, 3.8) is 0 Å². The van der Waals surface area contributed by atoms with E-state index in [1.54, 1.807) is 41.5 Å². The van der Waals surface area contributed by atoms with E-state index in [1.807, 2.05) is 6.26 Å². The van der Waals surface area contributed by atoms with Crippen molar-refractivity contribution < 1.29 is 43.0 Å². The molecule has 0 fully saturated rings. The second kappa shape index (κ2) is 19.5. The Hall–Kier alpha value is -3.56. The zero-order valence-electron chi connectivity index (χ0n) is 24.8. The third-order valence-electron chi connectivity index (χ3n) is 4.91. The lowest BCUT2D eigenvalue weighted by molar-refractivity contribution is -0.143. The van der Waals surface area contributed by atoms with Crippen LogP contribution in [0.4, 0.5) is 4.79 Å². The van der Waals surface area contributed by atoms with E-state index < -0.39 is 78.9 Å². The predicted octanol–water partition coefficient (Wildman–Crippen LogP) is -1.20. The van der Waals surface area contributed by atoms with Gasteiger partial charge in [0.1, 0.15) is 24.2 Å². The lowest BCUT2D eigenvalue weighted by Crippen LogP contribution is -2.54. The van der Waals surface area contributed by atoms with Crippen molar-refractivity contribution in [1.29, 1.82) is 0 Å². The van der Waals surface area contributed by atoms with Gasteiger partial charge >= 0.3 is 12.1 Å². The first kappa shape index (κ1) is 37.4. The largest absolute Gasteiger partial charge is 0.465 e. The Morgan fingerprint density at radius 3 is 1.80 bits per heavy atom. The molecule has 6 amide bonds. The Balaban J connectivity index is 4.70. The van der Waals surface area contributed by atoms with Crippen molar-refractivity contribution in [3.05, 3.63) is 0 Å². The maximum Gasteiger partial charge on any atom is 0.408 e. The molecule has 0 saturated heterocycles. The van der Waals surface area contributed by atoms with Crippen LogP contribution in [0.15, 0.2) is 0 Å². The molecule has 0 heterocycles. The highest BCUT2D eigenvalue weighted by atomic mass is 32.2. The molecular formula is C25H44N6O9S. The van der Waals surface area contributed by atoms with Crippen LogP contribution < -0.4 is 31.9 Å². The minimum atomic E-state index is -1.01. The molecule has 0 saturated carbocycles. The molecule has 15 nitrogen and oxygen atoms in total.